The summed E-state index contributed by atoms with van der Waals surface area (Å²) in [5, 5.41) is 14.0. The molecule has 3 amide bonds. The number of sulfonamides is 1. The average Bonchev–Trinajstić information content (AvgIpc) is 3.58. The van der Waals surface area contributed by atoms with Crippen LogP contribution in [-0.4, -0.2) is 105 Å². The first kappa shape index (κ1) is 40.9. The number of alkyl carbamates (subject to hydrolysis) is 1. The normalized spacial score (nSPS) is 21.7. The highest BCUT2D eigenvalue weighted by Gasteiger charge is 2.64. The van der Waals surface area contributed by atoms with Crippen LogP contribution in [0, 0.1) is 6.92 Å². The van der Waals surface area contributed by atoms with Crippen LogP contribution >= 0.6 is 11.6 Å². The number of anilines is 1. The van der Waals surface area contributed by atoms with Gasteiger partial charge in [0.25, 0.3) is 15.9 Å². The summed E-state index contributed by atoms with van der Waals surface area (Å²) in [5.74, 6) is -2.99. The zero-order valence-electron chi connectivity index (χ0n) is 31.1. The van der Waals surface area contributed by atoms with Crippen molar-refractivity contribution in [2.75, 3.05) is 38.2 Å². The molecule has 3 aliphatic heterocycles. The Morgan fingerprint density at radius 2 is 1.64 bits per heavy atom. The van der Waals surface area contributed by atoms with Gasteiger partial charge in [0.1, 0.15) is 22.0 Å². The van der Waals surface area contributed by atoms with Crippen LogP contribution in [-0.2, 0) is 29.9 Å². The van der Waals surface area contributed by atoms with Gasteiger partial charge in [-0.05, 0) is 76.6 Å². The fraction of sp³-hybridized carbons (Fsp3) is 0.432. The van der Waals surface area contributed by atoms with Gasteiger partial charge < -0.3 is 34.3 Å². The minimum Gasteiger partial charge on any atom is -0.497 e. The Kier molecular flexibility index (Phi) is 10.7. The van der Waals surface area contributed by atoms with Crippen molar-refractivity contribution in [3.05, 3.63) is 76.3 Å². The van der Waals surface area contributed by atoms with Crippen molar-refractivity contribution in [1.82, 2.24) is 15.1 Å². The van der Waals surface area contributed by atoms with E-state index in [4.69, 9.17) is 25.8 Å². The number of carbonyl (C=O) groups is 3. The number of aliphatic hydroxyl groups excluding tert-OH is 1. The number of aryl methyl sites for hydroxylation is 1. The topological polar surface area (TPSA) is 164 Å². The molecule has 3 atom stereocenters. The van der Waals surface area contributed by atoms with Crippen molar-refractivity contribution < 1.29 is 60.0 Å². The number of fused-ring (bicyclic) bond motifs is 1. The Labute approximate surface area is 326 Å². The molecule has 3 heterocycles. The lowest BCUT2D eigenvalue weighted by Gasteiger charge is -2.45. The summed E-state index contributed by atoms with van der Waals surface area (Å²) in [6.07, 6.45) is -7.41. The number of alkyl halides is 3. The van der Waals surface area contributed by atoms with Crippen molar-refractivity contribution in [2.45, 2.75) is 74.7 Å². The summed E-state index contributed by atoms with van der Waals surface area (Å²) in [5.41, 5.74) is -2.70. The molecule has 2 N–H and O–H groups in total. The van der Waals surface area contributed by atoms with E-state index in [1.54, 1.807) is 45.9 Å². The molecule has 0 aliphatic carbocycles. The van der Waals surface area contributed by atoms with E-state index >= 15 is 4.79 Å². The monoisotopic (exact) mass is 824 g/mol. The highest BCUT2D eigenvalue weighted by Crippen LogP contribution is 2.55. The number of hydrogen-bond donors (Lipinski definition) is 2. The first-order chi connectivity index (χ1) is 26.1. The number of nitrogens with zero attached hydrogens (tertiary/aromatic N) is 3. The van der Waals surface area contributed by atoms with Gasteiger partial charge >= 0.3 is 12.5 Å². The lowest BCUT2D eigenvalue weighted by Crippen LogP contribution is -2.66. The molecule has 3 aromatic carbocycles. The molecular weight excluding hydrogens is 785 g/mol. The number of nitrogens with one attached hydrogen (secondary N) is 1. The van der Waals surface area contributed by atoms with Gasteiger partial charge in [0.05, 0.1) is 38.1 Å². The molecule has 0 aromatic heterocycles. The number of halogens is 4. The third-order valence-electron chi connectivity index (χ3n) is 9.61. The maximum atomic E-state index is 15.6. The maximum Gasteiger partial charge on any atom is 0.573 e. The largest absolute Gasteiger partial charge is 0.573 e. The van der Waals surface area contributed by atoms with Crippen LogP contribution < -0.4 is 23.8 Å². The Hall–Kier alpha value is -4.78. The fourth-order valence-corrected chi connectivity index (χ4v) is 9.10. The zero-order chi connectivity index (χ0) is 41.1. The van der Waals surface area contributed by atoms with Gasteiger partial charge in [0.15, 0.2) is 11.3 Å². The summed E-state index contributed by atoms with van der Waals surface area (Å²) in [4.78, 5) is 44.2. The second-order valence-electron chi connectivity index (χ2n) is 14.7. The first-order valence-electron chi connectivity index (χ1n) is 17.3. The standard InChI is InChI=1S/C37H40ClF3N4O10S/c1-20-7-11-29(53-6)26(13-20)36(44-19-23(46)15-28(44)32(47)43-17-22(18-43)42-34(49)55-35(2,3)4)25-14-21(38)8-10-27(25)45(33(36)48)56(50,51)31-12-9-24(52-5)16-30(31)54-37(39,40)41/h7-14,16,22-23,28,46H,15,17-19H2,1-6H3,(H,42,49)/t23-,28+,36?/m1/s1. The van der Waals surface area contributed by atoms with Crippen LogP contribution in [0.2, 0.25) is 5.02 Å². The SMILES string of the molecule is COc1ccc(S(=O)(=O)N2C(=O)C(c3cc(C)ccc3OC)(N3C[C@H](O)C[C@H]3C(=O)N3CC(NC(=O)OC(C)(C)C)C3)c3cc(Cl)ccc32)c(OC(F)(F)F)c1. The second-order valence-corrected chi connectivity index (χ2v) is 16.8. The number of methoxy groups -OCH3 is 2. The third kappa shape index (κ3) is 7.42. The predicted molar refractivity (Wildman–Crippen MR) is 195 cm³/mol. The van der Waals surface area contributed by atoms with Crippen LogP contribution in [0.1, 0.15) is 43.9 Å². The van der Waals surface area contributed by atoms with E-state index in [1.807, 2.05) is 0 Å². The van der Waals surface area contributed by atoms with Gasteiger partial charge in [-0.25, -0.2) is 17.5 Å². The molecule has 6 rings (SSSR count). The molecule has 0 bridgehead atoms. The molecule has 0 saturated carbocycles. The van der Waals surface area contributed by atoms with Crippen molar-refractivity contribution in [3.63, 3.8) is 0 Å². The summed E-state index contributed by atoms with van der Waals surface area (Å²) in [7, 11) is -2.80. The Morgan fingerprint density at radius 1 is 0.946 bits per heavy atom. The van der Waals surface area contributed by atoms with E-state index in [1.165, 1.54) is 35.1 Å². The van der Waals surface area contributed by atoms with E-state index in [0.29, 0.717) is 9.87 Å². The number of benzene rings is 3. The third-order valence-corrected chi connectivity index (χ3v) is 11.6. The predicted octanol–water partition coefficient (Wildman–Crippen LogP) is 4.71. The van der Waals surface area contributed by atoms with Crippen LogP contribution in [0.5, 0.6) is 17.2 Å². The molecule has 0 radical (unpaired) electrons. The molecule has 0 spiro atoms. The van der Waals surface area contributed by atoms with Gasteiger partial charge in [0.2, 0.25) is 5.91 Å². The minimum atomic E-state index is -5.34. The van der Waals surface area contributed by atoms with Gasteiger partial charge in [-0.15, -0.1) is 13.2 Å². The Balaban J connectivity index is 1.51. The second kappa shape index (κ2) is 14.6. The highest BCUT2D eigenvalue weighted by atomic mass is 35.5. The summed E-state index contributed by atoms with van der Waals surface area (Å²) in [6, 6.07) is 9.59. The van der Waals surface area contributed by atoms with Gasteiger partial charge in [-0.1, -0.05) is 23.2 Å². The van der Waals surface area contributed by atoms with Gasteiger partial charge in [0, 0.05) is 41.9 Å². The van der Waals surface area contributed by atoms with E-state index in [-0.39, 0.29) is 59.4 Å². The lowest BCUT2D eigenvalue weighted by molar-refractivity contribution is -0.275. The summed E-state index contributed by atoms with van der Waals surface area (Å²) < 4.78 is 91.2. The summed E-state index contributed by atoms with van der Waals surface area (Å²) >= 11 is 6.56. The fourth-order valence-electron chi connectivity index (χ4n) is 7.37. The van der Waals surface area contributed by atoms with Crippen LogP contribution in [0.25, 0.3) is 0 Å². The molecule has 3 aromatic rings. The zero-order valence-corrected chi connectivity index (χ0v) is 32.7. The number of aliphatic hydroxyl groups is 1. The van der Waals surface area contributed by atoms with Crippen molar-refractivity contribution in [2.24, 2.45) is 0 Å². The van der Waals surface area contributed by atoms with Crippen LogP contribution in [0.3, 0.4) is 0 Å². The van der Waals surface area contributed by atoms with Crippen LogP contribution in [0.15, 0.2) is 59.5 Å². The molecule has 2 saturated heterocycles. The number of rotatable bonds is 9. The van der Waals surface area contributed by atoms with E-state index in [9.17, 15) is 36.3 Å². The van der Waals surface area contributed by atoms with Crippen molar-refractivity contribution in [1.29, 1.82) is 0 Å². The average molecular weight is 825 g/mol. The molecule has 2 fully saturated rings. The molecule has 3 aliphatic rings. The number of hydrogen-bond acceptors (Lipinski definition) is 11. The molecule has 14 nitrogen and oxygen atoms in total. The number of amides is 3. The molecule has 56 heavy (non-hydrogen) atoms. The molecule has 19 heteroatoms. The smallest absolute Gasteiger partial charge is 0.497 e. The first-order valence-corrected chi connectivity index (χ1v) is 19.1. The van der Waals surface area contributed by atoms with Crippen molar-refractivity contribution >= 4 is 45.2 Å². The summed E-state index contributed by atoms with van der Waals surface area (Å²) in [6.45, 7) is 6.62. The number of β-amino-alcohol motifs (C(OH)–C–C–N with tert-alkyl or cyclic N) is 1. The van der Waals surface area contributed by atoms with Gasteiger partial charge in [-0.2, -0.15) is 0 Å². The molecule has 1 unspecified atom stereocenters. The van der Waals surface area contributed by atoms with Crippen molar-refractivity contribution in [3.8, 4) is 17.2 Å². The molecular formula is C37H40ClF3N4O10S. The number of ether oxygens (including phenoxy) is 4. The highest BCUT2D eigenvalue weighted by molar-refractivity contribution is 7.93. The van der Waals surface area contributed by atoms with Crippen LogP contribution in [0.4, 0.5) is 23.7 Å². The van der Waals surface area contributed by atoms with Gasteiger partial charge in [-0.3, -0.25) is 14.5 Å². The quantitative estimate of drug-likeness (QED) is 0.307. The lowest BCUT2D eigenvalue weighted by atomic mass is 9.80. The number of likely N-dealkylation sites (tertiary alicyclic amines) is 2. The van der Waals surface area contributed by atoms with E-state index in [0.717, 1.165) is 25.3 Å². The Bertz CT molecular complexity index is 2180. The molecule has 302 valence electrons. The Morgan fingerprint density at radius 3 is 2.27 bits per heavy atom. The minimum absolute atomic E-state index is 0.0470. The van der Waals surface area contributed by atoms with E-state index in [2.05, 4.69) is 10.1 Å². The maximum absolute atomic E-state index is 15.6. The van der Waals surface area contributed by atoms with E-state index < -0.39 is 74.3 Å². The number of carbonyl (C=O) groups excluding carboxylic acids is 3.